The molecule has 178 valence electrons. The fraction of sp³-hybridized carbons (Fsp3) is 0.148. The molecule has 1 heterocycles. The minimum atomic E-state index is -1.07. The molecule has 0 bridgehead atoms. The molecular formula is C27H23NO5S2. The Morgan fingerprint density at radius 1 is 1.06 bits per heavy atom. The number of carbonyl (C=O) groups is 2. The topological polar surface area (TPSA) is 76.1 Å². The quantitative estimate of drug-likeness (QED) is 0.294. The maximum atomic E-state index is 13.1. The molecule has 3 aromatic rings. The van der Waals surface area contributed by atoms with E-state index in [0.717, 1.165) is 11.1 Å². The van der Waals surface area contributed by atoms with Crippen LogP contribution in [-0.4, -0.2) is 27.9 Å². The number of benzene rings is 3. The lowest BCUT2D eigenvalue weighted by Crippen LogP contribution is -2.27. The number of anilines is 1. The van der Waals surface area contributed by atoms with E-state index in [1.807, 2.05) is 50.2 Å². The van der Waals surface area contributed by atoms with Gasteiger partial charge in [0.1, 0.15) is 6.61 Å². The van der Waals surface area contributed by atoms with Crippen molar-refractivity contribution in [3.63, 3.8) is 0 Å². The molecule has 6 nitrogen and oxygen atoms in total. The number of amides is 1. The molecule has 0 radical (unpaired) electrons. The van der Waals surface area contributed by atoms with Crippen molar-refractivity contribution in [2.45, 2.75) is 20.5 Å². The van der Waals surface area contributed by atoms with E-state index in [2.05, 4.69) is 6.07 Å². The lowest BCUT2D eigenvalue weighted by Gasteiger charge is -2.15. The van der Waals surface area contributed by atoms with Gasteiger partial charge in [-0.3, -0.25) is 9.69 Å². The number of rotatable bonds is 8. The van der Waals surface area contributed by atoms with Crippen LogP contribution in [0.2, 0.25) is 0 Å². The van der Waals surface area contributed by atoms with Crippen LogP contribution >= 0.6 is 24.0 Å². The van der Waals surface area contributed by atoms with Crippen LogP contribution < -0.4 is 14.4 Å². The predicted molar refractivity (Wildman–Crippen MR) is 142 cm³/mol. The SMILES string of the molecule is CCOc1cc(/C=C2/SC(=S)N(c3cccc(C(=O)O)c3)C2=O)ccc1OCc1cccc(C)c1. The lowest BCUT2D eigenvalue weighted by molar-refractivity contribution is -0.113. The lowest BCUT2D eigenvalue weighted by atomic mass is 10.1. The van der Waals surface area contributed by atoms with Crippen molar-refractivity contribution >= 4 is 51.9 Å². The third kappa shape index (κ3) is 5.72. The number of thiocarbonyl (C=S) groups is 1. The first-order valence-corrected chi connectivity index (χ1v) is 12.1. The molecule has 1 saturated heterocycles. The van der Waals surface area contributed by atoms with Gasteiger partial charge in [0.25, 0.3) is 5.91 Å². The summed E-state index contributed by atoms with van der Waals surface area (Å²) in [6, 6.07) is 19.8. The zero-order valence-electron chi connectivity index (χ0n) is 19.2. The number of aryl methyl sites for hydroxylation is 1. The van der Waals surface area contributed by atoms with Crippen LogP contribution in [0.15, 0.2) is 71.6 Å². The van der Waals surface area contributed by atoms with Crippen molar-refractivity contribution in [3.05, 3.63) is 93.9 Å². The Hall–Kier alpha value is -3.62. The minimum absolute atomic E-state index is 0.0862. The molecule has 0 atom stereocenters. The Kier molecular flexibility index (Phi) is 7.53. The van der Waals surface area contributed by atoms with Gasteiger partial charge in [-0.05, 0) is 61.4 Å². The van der Waals surface area contributed by atoms with E-state index in [1.54, 1.807) is 18.2 Å². The van der Waals surface area contributed by atoms with E-state index < -0.39 is 5.97 Å². The summed E-state index contributed by atoms with van der Waals surface area (Å²) in [7, 11) is 0. The molecule has 0 aliphatic carbocycles. The number of nitrogens with zero attached hydrogens (tertiary/aromatic N) is 1. The summed E-state index contributed by atoms with van der Waals surface area (Å²) in [5, 5.41) is 9.26. The smallest absolute Gasteiger partial charge is 0.335 e. The van der Waals surface area contributed by atoms with Crippen LogP contribution in [0.25, 0.3) is 6.08 Å². The maximum absolute atomic E-state index is 13.1. The summed E-state index contributed by atoms with van der Waals surface area (Å²) in [4.78, 5) is 26.2. The molecule has 1 amide bonds. The summed E-state index contributed by atoms with van der Waals surface area (Å²) in [6.07, 6.45) is 1.74. The largest absolute Gasteiger partial charge is 0.490 e. The molecule has 1 fully saturated rings. The van der Waals surface area contributed by atoms with E-state index >= 15 is 0 Å². The van der Waals surface area contributed by atoms with Crippen molar-refractivity contribution in [1.29, 1.82) is 0 Å². The van der Waals surface area contributed by atoms with Crippen molar-refractivity contribution in [1.82, 2.24) is 0 Å². The molecule has 3 aromatic carbocycles. The third-order valence-electron chi connectivity index (χ3n) is 5.19. The van der Waals surface area contributed by atoms with Gasteiger partial charge in [0.2, 0.25) is 0 Å². The summed E-state index contributed by atoms with van der Waals surface area (Å²) >= 11 is 6.58. The van der Waals surface area contributed by atoms with Crippen LogP contribution in [0.1, 0.15) is 34.0 Å². The molecule has 4 rings (SSSR count). The molecule has 0 spiro atoms. The molecule has 1 aliphatic rings. The second-order valence-electron chi connectivity index (χ2n) is 7.79. The number of hydrogen-bond donors (Lipinski definition) is 1. The Morgan fingerprint density at radius 3 is 2.60 bits per heavy atom. The predicted octanol–water partition coefficient (Wildman–Crippen LogP) is 6.08. The Labute approximate surface area is 213 Å². The van der Waals surface area contributed by atoms with Gasteiger partial charge in [-0.15, -0.1) is 0 Å². The summed E-state index contributed by atoms with van der Waals surface area (Å²) < 4.78 is 12.1. The van der Waals surface area contributed by atoms with Crippen molar-refractivity contribution in [2.75, 3.05) is 11.5 Å². The first kappa shape index (κ1) is 24.5. The fourth-order valence-electron chi connectivity index (χ4n) is 3.58. The number of thioether (sulfide) groups is 1. The molecule has 8 heteroatoms. The number of carboxylic acid groups (broad SMARTS) is 1. The average molecular weight is 506 g/mol. The van der Waals surface area contributed by atoms with Crippen LogP contribution in [0, 0.1) is 6.92 Å². The average Bonchev–Trinajstić information content (AvgIpc) is 3.11. The van der Waals surface area contributed by atoms with Crippen molar-refractivity contribution in [2.24, 2.45) is 0 Å². The highest BCUT2D eigenvalue weighted by molar-refractivity contribution is 8.27. The second-order valence-corrected chi connectivity index (χ2v) is 9.47. The molecule has 0 saturated carbocycles. The Morgan fingerprint density at radius 2 is 1.86 bits per heavy atom. The Bertz CT molecular complexity index is 1330. The van der Waals surface area contributed by atoms with Gasteiger partial charge >= 0.3 is 5.97 Å². The summed E-state index contributed by atoms with van der Waals surface area (Å²) in [5.41, 5.74) is 3.50. The number of ether oxygens (including phenoxy) is 2. The second kappa shape index (κ2) is 10.8. The minimum Gasteiger partial charge on any atom is -0.490 e. The molecular weight excluding hydrogens is 482 g/mol. The molecule has 1 aliphatic heterocycles. The van der Waals surface area contributed by atoms with Crippen LogP contribution in [-0.2, 0) is 11.4 Å². The van der Waals surface area contributed by atoms with Gasteiger partial charge in [0.05, 0.1) is 22.8 Å². The van der Waals surface area contributed by atoms with E-state index in [-0.39, 0.29) is 11.5 Å². The van der Waals surface area contributed by atoms with Gasteiger partial charge in [-0.2, -0.15) is 0 Å². The van der Waals surface area contributed by atoms with Gasteiger partial charge < -0.3 is 14.6 Å². The summed E-state index contributed by atoms with van der Waals surface area (Å²) in [6.45, 7) is 4.81. The number of carbonyl (C=O) groups excluding carboxylic acids is 1. The standard InChI is InChI=1S/C27H23NO5S2/c1-3-32-23-13-18(10-11-22(23)33-16-19-7-4-6-17(2)12-19)14-24-25(29)28(27(34)35-24)21-9-5-8-20(15-21)26(30)31/h4-15H,3,16H2,1-2H3,(H,30,31)/b24-14+. The van der Waals surface area contributed by atoms with Gasteiger partial charge in [-0.1, -0.05) is 65.9 Å². The first-order chi connectivity index (χ1) is 16.9. The number of carboxylic acids is 1. The fourth-order valence-corrected chi connectivity index (χ4v) is 4.88. The summed E-state index contributed by atoms with van der Waals surface area (Å²) in [5.74, 6) is -0.177. The third-order valence-corrected chi connectivity index (χ3v) is 6.49. The van der Waals surface area contributed by atoms with Crippen molar-refractivity contribution in [3.8, 4) is 11.5 Å². The van der Waals surface area contributed by atoms with E-state index in [0.29, 0.717) is 39.6 Å². The zero-order valence-corrected chi connectivity index (χ0v) is 20.8. The first-order valence-electron chi connectivity index (χ1n) is 10.9. The van der Waals surface area contributed by atoms with Gasteiger partial charge in [0, 0.05) is 0 Å². The normalized spacial score (nSPS) is 14.5. The molecule has 0 unspecified atom stereocenters. The highest BCUT2D eigenvalue weighted by atomic mass is 32.2. The maximum Gasteiger partial charge on any atom is 0.335 e. The monoisotopic (exact) mass is 505 g/mol. The van der Waals surface area contributed by atoms with Gasteiger partial charge in [0.15, 0.2) is 15.8 Å². The number of aromatic carboxylic acids is 1. The van der Waals surface area contributed by atoms with Gasteiger partial charge in [-0.25, -0.2) is 4.79 Å². The van der Waals surface area contributed by atoms with Crippen LogP contribution in [0.5, 0.6) is 11.5 Å². The van der Waals surface area contributed by atoms with Crippen LogP contribution in [0.3, 0.4) is 0 Å². The highest BCUT2D eigenvalue weighted by Gasteiger charge is 2.33. The molecule has 35 heavy (non-hydrogen) atoms. The number of hydrogen-bond acceptors (Lipinski definition) is 6. The Balaban J connectivity index is 1.56. The van der Waals surface area contributed by atoms with E-state index in [9.17, 15) is 14.7 Å². The van der Waals surface area contributed by atoms with E-state index in [4.69, 9.17) is 21.7 Å². The highest BCUT2D eigenvalue weighted by Crippen LogP contribution is 2.37. The van der Waals surface area contributed by atoms with Crippen LogP contribution in [0.4, 0.5) is 5.69 Å². The molecule has 1 N–H and O–H groups in total. The zero-order chi connectivity index (χ0) is 24.9. The van der Waals surface area contributed by atoms with E-state index in [1.165, 1.54) is 34.4 Å². The molecule has 0 aromatic heterocycles. The van der Waals surface area contributed by atoms with Crippen molar-refractivity contribution < 1.29 is 24.2 Å².